The van der Waals surface area contributed by atoms with Crippen molar-refractivity contribution in [2.24, 2.45) is 9.98 Å². The second-order valence-corrected chi connectivity index (χ2v) is 4.57. The van der Waals surface area contributed by atoms with Gasteiger partial charge in [-0.3, -0.25) is 4.99 Å². The van der Waals surface area contributed by atoms with Crippen LogP contribution in [0.2, 0.25) is 0 Å². The molecule has 0 amide bonds. The first-order valence-electron chi connectivity index (χ1n) is 5.74. The fourth-order valence-electron chi connectivity index (χ4n) is 2.17. The first kappa shape index (κ1) is 11.2. The maximum absolute atomic E-state index is 6.06. The predicted octanol–water partition coefficient (Wildman–Crippen LogP) is 2.90. The van der Waals surface area contributed by atoms with Crippen LogP contribution >= 0.6 is 11.6 Å². The van der Waals surface area contributed by atoms with Crippen molar-refractivity contribution in [1.82, 2.24) is 4.90 Å². The van der Waals surface area contributed by atoms with Crippen LogP contribution < -0.4 is 0 Å². The molecule has 2 aliphatic rings. The van der Waals surface area contributed by atoms with Crippen molar-refractivity contribution < 1.29 is 0 Å². The first-order chi connectivity index (χ1) is 8.77. The van der Waals surface area contributed by atoms with Gasteiger partial charge in [-0.2, -0.15) is 0 Å². The number of fused-ring (bicyclic) bond motifs is 1. The van der Waals surface area contributed by atoms with Crippen molar-refractivity contribution >= 4 is 28.2 Å². The Bertz CT molecular complexity index is 584. The predicted molar refractivity (Wildman–Crippen MR) is 75.8 cm³/mol. The fourth-order valence-corrected chi connectivity index (χ4v) is 2.39. The number of hydrogen-bond donors (Lipinski definition) is 0. The zero-order chi connectivity index (χ0) is 12.5. The number of hydrogen-bond acceptors (Lipinski definition) is 3. The van der Waals surface area contributed by atoms with Crippen molar-refractivity contribution in [1.29, 1.82) is 0 Å². The van der Waals surface area contributed by atoms with Gasteiger partial charge in [0.05, 0.1) is 17.9 Å². The van der Waals surface area contributed by atoms with E-state index in [4.69, 9.17) is 11.6 Å². The molecule has 0 saturated carbocycles. The average molecular weight is 258 g/mol. The quantitative estimate of drug-likeness (QED) is 0.760. The van der Waals surface area contributed by atoms with Crippen LogP contribution in [0.1, 0.15) is 5.56 Å². The molecule has 0 aliphatic carbocycles. The summed E-state index contributed by atoms with van der Waals surface area (Å²) < 4.78 is 0. The van der Waals surface area contributed by atoms with Crippen molar-refractivity contribution in [3.05, 3.63) is 54.4 Å². The van der Waals surface area contributed by atoms with Gasteiger partial charge in [0.15, 0.2) is 5.17 Å². The van der Waals surface area contributed by atoms with E-state index in [1.54, 1.807) is 6.20 Å². The largest absolute Gasteiger partial charge is 0.361 e. The highest BCUT2D eigenvalue weighted by atomic mass is 35.5. The van der Waals surface area contributed by atoms with E-state index in [9.17, 15) is 0 Å². The lowest BCUT2D eigenvalue weighted by Gasteiger charge is -2.34. The highest BCUT2D eigenvalue weighted by Crippen LogP contribution is 2.26. The van der Waals surface area contributed by atoms with Gasteiger partial charge in [0.1, 0.15) is 5.71 Å². The standard InChI is InChI=1S/C14H12ClN3/c1-18-11-7-8-16-14(15)13(11)17-9-12(18)10-5-3-2-4-6-10/h2-9,11H,1H3. The molecule has 1 atom stereocenters. The van der Waals surface area contributed by atoms with Crippen LogP contribution in [0.25, 0.3) is 5.70 Å². The van der Waals surface area contributed by atoms with Crippen molar-refractivity contribution in [2.75, 3.05) is 7.05 Å². The smallest absolute Gasteiger partial charge is 0.152 e. The van der Waals surface area contributed by atoms with E-state index in [1.807, 2.05) is 37.5 Å². The Balaban J connectivity index is 2.04. The van der Waals surface area contributed by atoms with E-state index < -0.39 is 0 Å². The summed E-state index contributed by atoms with van der Waals surface area (Å²) in [6.45, 7) is 0. The molecule has 0 bridgehead atoms. The van der Waals surface area contributed by atoms with Crippen LogP contribution in [0.5, 0.6) is 0 Å². The Kier molecular flexibility index (Phi) is 2.76. The van der Waals surface area contributed by atoms with Crippen LogP contribution in [-0.2, 0) is 0 Å². The molecule has 90 valence electrons. The van der Waals surface area contributed by atoms with Gasteiger partial charge in [-0.05, 0) is 11.6 Å². The number of aliphatic imine (C=N–C) groups is 2. The van der Waals surface area contributed by atoms with Crippen LogP contribution in [0.15, 0.2) is 58.8 Å². The summed E-state index contributed by atoms with van der Waals surface area (Å²) in [6.07, 6.45) is 5.58. The zero-order valence-corrected chi connectivity index (χ0v) is 10.7. The number of benzene rings is 1. The summed E-state index contributed by atoms with van der Waals surface area (Å²) in [5.41, 5.74) is 3.04. The Morgan fingerprint density at radius 1 is 1.17 bits per heavy atom. The molecule has 4 heteroatoms. The van der Waals surface area contributed by atoms with E-state index in [2.05, 4.69) is 27.0 Å². The molecule has 18 heavy (non-hydrogen) atoms. The fraction of sp³-hybridized carbons (Fsp3) is 0.143. The Morgan fingerprint density at radius 3 is 2.72 bits per heavy atom. The summed E-state index contributed by atoms with van der Waals surface area (Å²) in [5, 5.41) is 0.470. The first-order valence-corrected chi connectivity index (χ1v) is 6.11. The lowest BCUT2D eigenvalue weighted by Crippen LogP contribution is -2.41. The van der Waals surface area contributed by atoms with Gasteiger partial charge >= 0.3 is 0 Å². The van der Waals surface area contributed by atoms with Crippen LogP contribution in [0, 0.1) is 0 Å². The molecule has 0 saturated heterocycles. The average Bonchev–Trinajstić information content (AvgIpc) is 2.41. The molecule has 0 spiro atoms. The van der Waals surface area contributed by atoms with Gasteiger partial charge in [-0.25, -0.2) is 4.99 Å². The highest BCUT2D eigenvalue weighted by molar-refractivity contribution is 6.84. The Labute approximate surface area is 111 Å². The minimum atomic E-state index is 0.0650. The van der Waals surface area contributed by atoms with Crippen molar-refractivity contribution in [2.45, 2.75) is 6.04 Å². The van der Waals surface area contributed by atoms with Crippen LogP contribution in [-0.4, -0.2) is 28.9 Å². The molecule has 2 aliphatic heterocycles. The maximum atomic E-state index is 6.06. The lowest BCUT2D eigenvalue weighted by atomic mass is 10.0. The second-order valence-electron chi connectivity index (χ2n) is 4.21. The number of halogens is 1. The van der Waals surface area contributed by atoms with Crippen LogP contribution in [0.4, 0.5) is 0 Å². The SMILES string of the molecule is CN1C(c2ccccc2)=CN=C2C(Cl)=NC=CC21. The highest BCUT2D eigenvalue weighted by Gasteiger charge is 2.28. The van der Waals surface area contributed by atoms with Crippen LogP contribution in [0.3, 0.4) is 0 Å². The molecule has 1 aromatic carbocycles. The third-order valence-corrected chi connectivity index (χ3v) is 3.43. The van der Waals surface area contributed by atoms with E-state index in [1.165, 1.54) is 0 Å². The summed E-state index contributed by atoms with van der Waals surface area (Å²) in [7, 11) is 2.04. The zero-order valence-electron chi connectivity index (χ0n) is 9.92. The maximum Gasteiger partial charge on any atom is 0.152 e. The van der Waals surface area contributed by atoms with E-state index >= 15 is 0 Å². The van der Waals surface area contributed by atoms with Gasteiger partial charge in [0, 0.05) is 13.2 Å². The van der Waals surface area contributed by atoms with E-state index in [0.29, 0.717) is 5.17 Å². The molecule has 0 N–H and O–H groups in total. The molecule has 0 aromatic heterocycles. The molecule has 2 heterocycles. The number of likely N-dealkylation sites (N-methyl/N-ethyl adjacent to an activating group) is 1. The minimum Gasteiger partial charge on any atom is -0.361 e. The monoisotopic (exact) mass is 257 g/mol. The molecule has 0 radical (unpaired) electrons. The van der Waals surface area contributed by atoms with Gasteiger partial charge in [-0.1, -0.05) is 41.9 Å². The molecular formula is C14H12ClN3. The molecule has 1 unspecified atom stereocenters. The minimum absolute atomic E-state index is 0.0650. The summed E-state index contributed by atoms with van der Waals surface area (Å²) in [6, 6.07) is 10.3. The van der Waals surface area contributed by atoms with E-state index in [0.717, 1.165) is 17.0 Å². The lowest BCUT2D eigenvalue weighted by molar-refractivity contribution is 0.475. The normalized spacial score (nSPS) is 22.0. The number of nitrogens with zero attached hydrogens (tertiary/aromatic N) is 3. The van der Waals surface area contributed by atoms with Gasteiger partial charge in [0.2, 0.25) is 0 Å². The molecule has 0 fully saturated rings. The van der Waals surface area contributed by atoms with Crippen molar-refractivity contribution in [3.63, 3.8) is 0 Å². The topological polar surface area (TPSA) is 28.0 Å². The summed E-state index contributed by atoms with van der Waals surface area (Å²) >= 11 is 6.06. The summed E-state index contributed by atoms with van der Waals surface area (Å²) in [5.74, 6) is 0. The Morgan fingerprint density at radius 2 is 1.94 bits per heavy atom. The summed E-state index contributed by atoms with van der Waals surface area (Å²) in [4.78, 5) is 10.7. The Hall–Kier alpha value is -1.87. The molecule has 1 aromatic rings. The van der Waals surface area contributed by atoms with Crippen molar-refractivity contribution in [3.8, 4) is 0 Å². The second kappa shape index (κ2) is 4.42. The van der Waals surface area contributed by atoms with E-state index in [-0.39, 0.29) is 6.04 Å². The number of rotatable bonds is 1. The third-order valence-electron chi connectivity index (χ3n) is 3.14. The molecule has 3 rings (SSSR count). The van der Waals surface area contributed by atoms with Gasteiger partial charge in [-0.15, -0.1) is 0 Å². The van der Waals surface area contributed by atoms with Gasteiger partial charge in [0.25, 0.3) is 0 Å². The molecular weight excluding hydrogens is 246 g/mol. The molecule has 3 nitrogen and oxygen atoms in total. The van der Waals surface area contributed by atoms with Gasteiger partial charge < -0.3 is 4.90 Å². The third kappa shape index (κ3) is 1.77.